The Bertz CT molecular complexity index is 826. The Labute approximate surface area is 152 Å². The van der Waals surface area contributed by atoms with Crippen LogP contribution in [0.5, 0.6) is 0 Å². The van der Waals surface area contributed by atoms with Gasteiger partial charge >= 0.3 is 5.97 Å². The molecule has 0 saturated heterocycles. The van der Waals surface area contributed by atoms with Crippen LogP contribution >= 0.6 is 23.2 Å². The highest BCUT2D eigenvalue weighted by atomic mass is 35.5. The lowest BCUT2D eigenvalue weighted by Crippen LogP contribution is -2.28. The van der Waals surface area contributed by atoms with Crippen LogP contribution in [0, 0.1) is 10.1 Å². The lowest BCUT2D eigenvalue weighted by atomic mass is 10.2. The molecule has 2 aromatic carbocycles. The fraction of sp³-hybridized carbons (Fsp3) is 0.125. The Morgan fingerprint density at radius 2 is 1.92 bits per heavy atom. The van der Waals surface area contributed by atoms with E-state index in [1.165, 1.54) is 6.07 Å². The van der Waals surface area contributed by atoms with Crippen molar-refractivity contribution >= 4 is 40.8 Å². The first kappa shape index (κ1) is 18.7. The monoisotopic (exact) mass is 382 g/mol. The lowest BCUT2D eigenvalue weighted by Gasteiger charge is -2.08. The van der Waals surface area contributed by atoms with Gasteiger partial charge in [-0.2, -0.15) is 0 Å². The number of ether oxygens (including phenoxy) is 1. The van der Waals surface area contributed by atoms with E-state index in [0.29, 0.717) is 5.02 Å². The van der Waals surface area contributed by atoms with Gasteiger partial charge in [0.05, 0.1) is 15.5 Å². The van der Waals surface area contributed by atoms with Gasteiger partial charge in [-0.3, -0.25) is 14.9 Å². The predicted octanol–water partition coefficient (Wildman–Crippen LogP) is 3.37. The zero-order valence-corrected chi connectivity index (χ0v) is 14.2. The molecule has 1 amide bonds. The maximum atomic E-state index is 11.9. The fourth-order valence-corrected chi connectivity index (χ4v) is 2.30. The van der Waals surface area contributed by atoms with Gasteiger partial charge in [0.2, 0.25) is 0 Å². The molecule has 9 heteroatoms. The van der Waals surface area contributed by atoms with Crippen molar-refractivity contribution in [2.24, 2.45) is 0 Å². The molecule has 0 atom stereocenters. The molecule has 0 aromatic heterocycles. The summed E-state index contributed by atoms with van der Waals surface area (Å²) in [5.74, 6) is -1.46. The Morgan fingerprint density at radius 3 is 2.60 bits per heavy atom. The summed E-state index contributed by atoms with van der Waals surface area (Å²) >= 11 is 11.7. The topological polar surface area (TPSA) is 98.5 Å². The van der Waals surface area contributed by atoms with Gasteiger partial charge in [0.1, 0.15) is 0 Å². The van der Waals surface area contributed by atoms with E-state index in [0.717, 1.165) is 17.7 Å². The van der Waals surface area contributed by atoms with E-state index in [2.05, 4.69) is 5.32 Å². The number of hydrogen-bond acceptors (Lipinski definition) is 5. The first-order valence-corrected chi connectivity index (χ1v) is 7.74. The minimum Gasteiger partial charge on any atom is -0.452 e. The number of carbonyl (C=O) groups excluding carboxylic acids is 2. The molecule has 0 spiro atoms. The molecule has 130 valence electrons. The van der Waals surface area contributed by atoms with Crippen LogP contribution in [0.3, 0.4) is 0 Å². The van der Waals surface area contributed by atoms with Crippen LogP contribution in [0.15, 0.2) is 42.5 Å². The number of nitro groups is 1. The standard InChI is InChI=1S/C16H12Cl2N2O5/c17-11-3-1-2-10(6-11)8-19-15(21)9-25-16(22)13-7-12(20(23)24)4-5-14(13)18/h1-7H,8-9H2,(H,19,21). The van der Waals surface area contributed by atoms with Crippen LogP contribution in [0.4, 0.5) is 5.69 Å². The SMILES string of the molecule is O=C(COC(=O)c1cc([N+](=O)[O-])ccc1Cl)NCc1cccc(Cl)c1. The molecule has 0 radical (unpaired) electrons. The third kappa shape index (κ3) is 5.44. The van der Waals surface area contributed by atoms with Crippen molar-refractivity contribution < 1.29 is 19.2 Å². The van der Waals surface area contributed by atoms with E-state index in [1.54, 1.807) is 24.3 Å². The number of nitro benzene ring substituents is 1. The molecular formula is C16H12Cl2N2O5. The highest BCUT2D eigenvalue weighted by Crippen LogP contribution is 2.22. The molecule has 25 heavy (non-hydrogen) atoms. The molecule has 1 N–H and O–H groups in total. The van der Waals surface area contributed by atoms with Gasteiger partial charge < -0.3 is 10.1 Å². The molecule has 0 heterocycles. The second kappa shape index (κ2) is 8.46. The van der Waals surface area contributed by atoms with Gasteiger partial charge in [-0.05, 0) is 23.8 Å². The first-order valence-electron chi connectivity index (χ1n) is 6.99. The minimum absolute atomic E-state index is 0.00469. The molecular weight excluding hydrogens is 371 g/mol. The number of rotatable bonds is 6. The first-order chi connectivity index (χ1) is 11.9. The van der Waals surface area contributed by atoms with Crippen LogP contribution < -0.4 is 5.32 Å². The Morgan fingerprint density at radius 1 is 1.16 bits per heavy atom. The minimum atomic E-state index is -0.924. The van der Waals surface area contributed by atoms with Crippen molar-refractivity contribution in [1.82, 2.24) is 5.32 Å². The Kier molecular flexibility index (Phi) is 6.32. The number of esters is 1. The largest absolute Gasteiger partial charge is 0.452 e. The number of amides is 1. The Balaban J connectivity index is 1.90. The predicted molar refractivity (Wildman–Crippen MR) is 91.7 cm³/mol. The van der Waals surface area contributed by atoms with Crippen molar-refractivity contribution in [3.05, 3.63) is 73.8 Å². The second-order valence-electron chi connectivity index (χ2n) is 4.90. The van der Waals surface area contributed by atoms with Crippen molar-refractivity contribution in [1.29, 1.82) is 0 Å². The summed E-state index contributed by atoms with van der Waals surface area (Å²) in [6.45, 7) is -0.326. The highest BCUT2D eigenvalue weighted by molar-refractivity contribution is 6.33. The highest BCUT2D eigenvalue weighted by Gasteiger charge is 2.18. The summed E-state index contributed by atoms with van der Waals surface area (Å²) in [7, 11) is 0. The van der Waals surface area contributed by atoms with Crippen LogP contribution in [0.1, 0.15) is 15.9 Å². The smallest absolute Gasteiger partial charge is 0.340 e. The van der Waals surface area contributed by atoms with Crippen molar-refractivity contribution in [3.8, 4) is 0 Å². The molecule has 0 aliphatic carbocycles. The molecule has 0 saturated carbocycles. The molecule has 0 aliphatic rings. The lowest BCUT2D eigenvalue weighted by molar-refractivity contribution is -0.384. The van der Waals surface area contributed by atoms with E-state index in [4.69, 9.17) is 27.9 Å². The second-order valence-corrected chi connectivity index (χ2v) is 5.75. The summed E-state index contributed by atoms with van der Waals surface area (Å²) < 4.78 is 4.83. The number of nitrogens with one attached hydrogen (secondary N) is 1. The fourth-order valence-electron chi connectivity index (χ4n) is 1.89. The van der Waals surface area contributed by atoms with Gasteiger partial charge in [0.15, 0.2) is 6.61 Å². The molecule has 0 fully saturated rings. The number of benzene rings is 2. The summed E-state index contributed by atoms with van der Waals surface area (Å²) in [6, 6.07) is 10.3. The quantitative estimate of drug-likeness (QED) is 0.469. The van der Waals surface area contributed by atoms with E-state index in [9.17, 15) is 19.7 Å². The van der Waals surface area contributed by atoms with Gasteiger partial charge in [-0.15, -0.1) is 0 Å². The van der Waals surface area contributed by atoms with E-state index in [1.807, 2.05) is 0 Å². The van der Waals surface area contributed by atoms with Crippen LogP contribution in [0.2, 0.25) is 10.0 Å². The molecule has 0 bridgehead atoms. The summed E-state index contributed by atoms with van der Waals surface area (Å²) in [6.07, 6.45) is 0. The average molecular weight is 383 g/mol. The van der Waals surface area contributed by atoms with Gasteiger partial charge in [-0.25, -0.2) is 4.79 Å². The molecule has 7 nitrogen and oxygen atoms in total. The van der Waals surface area contributed by atoms with Crippen LogP contribution in [-0.4, -0.2) is 23.4 Å². The van der Waals surface area contributed by atoms with Crippen LogP contribution in [0.25, 0.3) is 0 Å². The van der Waals surface area contributed by atoms with E-state index in [-0.39, 0.29) is 22.8 Å². The number of carbonyl (C=O) groups is 2. The molecule has 2 rings (SSSR count). The zero-order chi connectivity index (χ0) is 18.4. The van der Waals surface area contributed by atoms with Crippen molar-refractivity contribution in [3.63, 3.8) is 0 Å². The Hall–Kier alpha value is -2.64. The maximum absolute atomic E-state index is 11.9. The average Bonchev–Trinajstić information content (AvgIpc) is 2.58. The van der Waals surface area contributed by atoms with Crippen LogP contribution in [-0.2, 0) is 16.1 Å². The van der Waals surface area contributed by atoms with Crippen molar-refractivity contribution in [2.75, 3.05) is 6.61 Å². The van der Waals surface area contributed by atoms with E-state index < -0.39 is 23.4 Å². The van der Waals surface area contributed by atoms with Gasteiger partial charge in [0, 0.05) is 23.7 Å². The summed E-state index contributed by atoms with van der Waals surface area (Å²) in [5, 5.41) is 13.8. The third-order valence-electron chi connectivity index (χ3n) is 3.09. The number of halogens is 2. The summed E-state index contributed by atoms with van der Waals surface area (Å²) in [5.41, 5.74) is 0.300. The van der Waals surface area contributed by atoms with Gasteiger partial charge in [-0.1, -0.05) is 35.3 Å². The maximum Gasteiger partial charge on any atom is 0.340 e. The number of non-ortho nitro benzene ring substituents is 1. The third-order valence-corrected chi connectivity index (χ3v) is 3.66. The molecule has 2 aromatic rings. The zero-order valence-electron chi connectivity index (χ0n) is 12.7. The molecule has 0 aliphatic heterocycles. The van der Waals surface area contributed by atoms with Crippen molar-refractivity contribution in [2.45, 2.75) is 6.54 Å². The van der Waals surface area contributed by atoms with Gasteiger partial charge in [0.25, 0.3) is 11.6 Å². The number of nitrogens with zero attached hydrogens (tertiary/aromatic N) is 1. The van der Waals surface area contributed by atoms with E-state index >= 15 is 0 Å². The normalized spacial score (nSPS) is 10.2. The molecule has 0 unspecified atom stereocenters. The number of hydrogen-bond donors (Lipinski definition) is 1. The summed E-state index contributed by atoms with van der Waals surface area (Å²) in [4.78, 5) is 33.7.